The normalized spacial score (nSPS) is 15.4. The summed E-state index contributed by atoms with van der Waals surface area (Å²) in [5, 5.41) is 7.61. The van der Waals surface area contributed by atoms with E-state index in [1.807, 2.05) is 6.07 Å². The summed E-state index contributed by atoms with van der Waals surface area (Å²) in [7, 11) is 0. The monoisotopic (exact) mass is 327 g/mol. The summed E-state index contributed by atoms with van der Waals surface area (Å²) in [5.41, 5.74) is 6.71. The molecular weight excluding hydrogens is 306 g/mol. The van der Waals surface area contributed by atoms with Gasteiger partial charge >= 0.3 is 0 Å². The van der Waals surface area contributed by atoms with Gasteiger partial charge in [-0.25, -0.2) is 4.68 Å². The zero-order valence-corrected chi connectivity index (χ0v) is 13.5. The topological polar surface area (TPSA) is 94.1 Å². The predicted molar refractivity (Wildman–Crippen MR) is 88.0 cm³/mol. The average Bonchev–Trinajstić information content (AvgIpc) is 3.03. The highest BCUT2D eigenvalue weighted by atomic mass is 16.2. The molecule has 3 rings (SSSR count). The molecule has 1 aliphatic heterocycles. The fourth-order valence-electron chi connectivity index (χ4n) is 3.08. The van der Waals surface area contributed by atoms with E-state index in [1.54, 1.807) is 4.90 Å². The van der Waals surface area contributed by atoms with Crippen LogP contribution in [0.4, 0.5) is 0 Å². The zero-order valence-electron chi connectivity index (χ0n) is 13.5. The van der Waals surface area contributed by atoms with E-state index in [4.69, 9.17) is 5.73 Å². The summed E-state index contributed by atoms with van der Waals surface area (Å²) < 4.78 is 1.29. The highest BCUT2D eigenvalue weighted by molar-refractivity contribution is 5.92. The van der Waals surface area contributed by atoms with Crippen molar-refractivity contribution >= 4 is 11.8 Å². The molecule has 2 aromatic rings. The maximum Gasteiger partial charge on any atom is 0.276 e. The Morgan fingerprint density at radius 2 is 1.88 bits per heavy atom. The van der Waals surface area contributed by atoms with Crippen molar-refractivity contribution in [1.29, 1.82) is 0 Å². The van der Waals surface area contributed by atoms with Gasteiger partial charge in [0.2, 0.25) is 5.91 Å². The predicted octanol–water partition coefficient (Wildman–Crippen LogP) is 0.858. The first-order valence-corrected chi connectivity index (χ1v) is 8.13. The van der Waals surface area contributed by atoms with E-state index < -0.39 is 5.91 Å². The van der Waals surface area contributed by atoms with Crippen molar-refractivity contribution in [2.75, 3.05) is 13.1 Å². The number of nitrogens with zero attached hydrogens (tertiary/aromatic N) is 4. The van der Waals surface area contributed by atoms with Gasteiger partial charge in [0.1, 0.15) is 6.54 Å². The number of amides is 2. The molecule has 24 heavy (non-hydrogen) atoms. The highest BCUT2D eigenvalue weighted by Gasteiger charge is 2.25. The first kappa shape index (κ1) is 16.2. The molecule has 0 spiro atoms. The number of nitrogens with two attached hydrogens (primary N) is 1. The van der Waals surface area contributed by atoms with Crippen LogP contribution < -0.4 is 5.73 Å². The van der Waals surface area contributed by atoms with Crippen LogP contribution in [0.3, 0.4) is 0 Å². The van der Waals surface area contributed by atoms with Gasteiger partial charge in [0.25, 0.3) is 5.91 Å². The fraction of sp³-hybridized carbons (Fsp3) is 0.412. The minimum absolute atomic E-state index is 0.0700. The molecule has 7 nitrogen and oxygen atoms in total. The zero-order chi connectivity index (χ0) is 16.9. The fourth-order valence-corrected chi connectivity index (χ4v) is 3.08. The maximum absolute atomic E-state index is 12.5. The van der Waals surface area contributed by atoms with Crippen LogP contribution in [0.25, 0.3) is 0 Å². The Morgan fingerprint density at radius 1 is 1.17 bits per heavy atom. The van der Waals surface area contributed by atoms with E-state index in [0.29, 0.717) is 5.92 Å². The molecule has 2 amide bonds. The van der Waals surface area contributed by atoms with E-state index in [-0.39, 0.29) is 18.1 Å². The van der Waals surface area contributed by atoms with E-state index in [1.165, 1.54) is 16.4 Å². The molecule has 0 unspecified atom stereocenters. The Hall–Kier alpha value is -2.70. The van der Waals surface area contributed by atoms with Crippen molar-refractivity contribution in [3.05, 3.63) is 47.8 Å². The van der Waals surface area contributed by atoms with Crippen LogP contribution in [0.15, 0.2) is 36.5 Å². The third kappa shape index (κ3) is 3.98. The Morgan fingerprint density at radius 3 is 2.54 bits per heavy atom. The van der Waals surface area contributed by atoms with Crippen LogP contribution in [0.2, 0.25) is 0 Å². The first-order valence-electron chi connectivity index (χ1n) is 8.13. The molecule has 0 aliphatic carbocycles. The summed E-state index contributed by atoms with van der Waals surface area (Å²) in [6, 6.07) is 10.4. The molecule has 1 aromatic heterocycles. The van der Waals surface area contributed by atoms with Crippen molar-refractivity contribution in [3.63, 3.8) is 0 Å². The number of benzene rings is 1. The summed E-state index contributed by atoms with van der Waals surface area (Å²) >= 11 is 0. The van der Waals surface area contributed by atoms with Gasteiger partial charge in [-0.3, -0.25) is 9.59 Å². The lowest BCUT2D eigenvalue weighted by Gasteiger charge is -2.31. The van der Waals surface area contributed by atoms with Crippen molar-refractivity contribution in [2.45, 2.75) is 25.8 Å². The number of aromatic nitrogens is 3. The molecule has 1 aromatic carbocycles. The van der Waals surface area contributed by atoms with Crippen LogP contribution in [-0.2, 0) is 17.8 Å². The van der Waals surface area contributed by atoms with Crippen molar-refractivity contribution in [2.24, 2.45) is 11.7 Å². The van der Waals surface area contributed by atoms with Crippen LogP contribution in [0, 0.1) is 5.92 Å². The molecular formula is C17H21N5O2. The van der Waals surface area contributed by atoms with Crippen molar-refractivity contribution in [3.8, 4) is 0 Å². The van der Waals surface area contributed by atoms with E-state index in [2.05, 4.69) is 34.6 Å². The average molecular weight is 327 g/mol. The third-order valence-electron chi connectivity index (χ3n) is 4.34. The summed E-state index contributed by atoms with van der Waals surface area (Å²) in [6.45, 7) is 1.37. The Kier molecular flexibility index (Phi) is 4.88. The number of hydrogen-bond acceptors (Lipinski definition) is 4. The number of rotatable bonds is 5. The highest BCUT2D eigenvalue weighted by Crippen LogP contribution is 2.22. The number of piperidine rings is 1. The van der Waals surface area contributed by atoms with Crippen molar-refractivity contribution in [1.82, 2.24) is 19.9 Å². The standard InChI is InChI=1S/C17H21N5O2/c18-16(23)12-22-11-15(19-20-22)17(24)21-8-6-14(7-9-21)10-13-4-2-1-3-5-13/h1-5,11,14H,6-10,12H2,(H2,18,23). The molecule has 126 valence electrons. The van der Waals surface area contributed by atoms with Crippen LogP contribution >= 0.6 is 0 Å². The smallest absolute Gasteiger partial charge is 0.276 e. The second-order valence-corrected chi connectivity index (χ2v) is 6.19. The Bertz CT molecular complexity index is 705. The van der Waals surface area contributed by atoms with Crippen LogP contribution in [0.5, 0.6) is 0 Å². The quantitative estimate of drug-likeness (QED) is 0.881. The molecule has 0 radical (unpaired) electrons. The number of carbonyl (C=O) groups is 2. The molecule has 2 N–H and O–H groups in total. The molecule has 1 saturated heterocycles. The summed E-state index contributed by atoms with van der Waals surface area (Å²) in [4.78, 5) is 25.1. The second kappa shape index (κ2) is 7.25. The van der Waals surface area contributed by atoms with E-state index in [9.17, 15) is 9.59 Å². The van der Waals surface area contributed by atoms with Gasteiger partial charge in [0, 0.05) is 13.1 Å². The molecule has 0 bridgehead atoms. The molecule has 0 saturated carbocycles. The lowest BCUT2D eigenvalue weighted by Crippen LogP contribution is -2.39. The van der Waals surface area contributed by atoms with Gasteiger partial charge in [-0.2, -0.15) is 0 Å². The van der Waals surface area contributed by atoms with E-state index in [0.717, 1.165) is 32.4 Å². The van der Waals surface area contributed by atoms with E-state index >= 15 is 0 Å². The maximum atomic E-state index is 12.5. The Balaban J connectivity index is 1.53. The van der Waals surface area contributed by atoms with Gasteiger partial charge < -0.3 is 10.6 Å². The SMILES string of the molecule is NC(=O)Cn1cc(C(=O)N2CCC(Cc3ccccc3)CC2)nn1. The van der Waals surface area contributed by atoms with Gasteiger partial charge in [0.05, 0.1) is 6.20 Å². The number of primary amides is 1. The van der Waals surface area contributed by atoms with Gasteiger partial charge in [-0.05, 0) is 30.7 Å². The summed E-state index contributed by atoms with van der Waals surface area (Å²) in [5.74, 6) is -0.0495. The number of hydrogen-bond donors (Lipinski definition) is 1. The number of likely N-dealkylation sites (tertiary alicyclic amines) is 1. The van der Waals surface area contributed by atoms with Crippen LogP contribution in [-0.4, -0.2) is 44.8 Å². The lowest BCUT2D eigenvalue weighted by atomic mass is 9.90. The molecule has 1 fully saturated rings. The molecule has 0 atom stereocenters. The first-order chi connectivity index (χ1) is 11.6. The lowest BCUT2D eigenvalue weighted by molar-refractivity contribution is -0.118. The van der Waals surface area contributed by atoms with Gasteiger partial charge in [-0.1, -0.05) is 35.5 Å². The summed E-state index contributed by atoms with van der Waals surface area (Å²) in [6.07, 6.45) is 4.49. The minimum Gasteiger partial charge on any atom is -0.368 e. The molecule has 7 heteroatoms. The van der Waals surface area contributed by atoms with Crippen molar-refractivity contribution < 1.29 is 9.59 Å². The molecule has 2 heterocycles. The van der Waals surface area contributed by atoms with Crippen LogP contribution in [0.1, 0.15) is 28.9 Å². The Labute approximate surface area is 140 Å². The third-order valence-corrected chi connectivity index (χ3v) is 4.34. The largest absolute Gasteiger partial charge is 0.368 e. The second-order valence-electron chi connectivity index (χ2n) is 6.19. The van der Waals surface area contributed by atoms with Gasteiger partial charge in [0.15, 0.2) is 5.69 Å². The van der Waals surface area contributed by atoms with Gasteiger partial charge in [-0.15, -0.1) is 5.10 Å². The number of carbonyl (C=O) groups excluding carboxylic acids is 2. The minimum atomic E-state index is -0.513. The molecule has 1 aliphatic rings.